The Morgan fingerprint density at radius 1 is 1.00 bits per heavy atom. The molecule has 0 bridgehead atoms. The maximum atomic E-state index is 2.32. The summed E-state index contributed by atoms with van der Waals surface area (Å²) >= 11 is 0. The van der Waals surface area contributed by atoms with E-state index in [2.05, 4.69) is 27.7 Å². The molecule has 13 heavy (non-hydrogen) atoms. The zero-order chi connectivity index (χ0) is 10.1. The topological polar surface area (TPSA) is 0 Å². The molecule has 0 aliphatic heterocycles. The van der Waals surface area contributed by atoms with Crippen molar-refractivity contribution in [3.63, 3.8) is 0 Å². The third-order valence-electron chi connectivity index (χ3n) is 2.70. The SMILES string of the molecule is CCCC[C](CC)CCCC(C)C. The zero-order valence-electron chi connectivity index (χ0n) is 10.0. The van der Waals surface area contributed by atoms with Crippen LogP contribution in [0, 0.1) is 11.8 Å². The van der Waals surface area contributed by atoms with Gasteiger partial charge in [0.1, 0.15) is 0 Å². The van der Waals surface area contributed by atoms with Gasteiger partial charge in [0.05, 0.1) is 0 Å². The first-order valence-corrected chi connectivity index (χ1v) is 6.04. The Labute approximate surface area is 85.1 Å². The molecule has 0 aromatic heterocycles. The Kier molecular flexibility index (Phi) is 8.59. The van der Waals surface area contributed by atoms with Crippen LogP contribution in [0.3, 0.4) is 0 Å². The van der Waals surface area contributed by atoms with Gasteiger partial charge in [-0.05, 0) is 31.1 Å². The summed E-state index contributed by atoms with van der Waals surface area (Å²) in [6.07, 6.45) is 9.61. The molecule has 0 heterocycles. The molecule has 0 heteroatoms. The lowest BCUT2D eigenvalue weighted by Gasteiger charge is -2.14. The number of rotatable bonds is 8. The first-order valence-electron chi connectivity index (χ1n) is 6.04. The highest BCUT2D eigenvalue weighted by atomic mass is 14.1. The van der Waals surface area contributed by atoms with Crippen molar-refractivity contribution in [2.45, 2.75) is 72.6 Å². The van der Waals surface area contributed by atoms with E-state index in [9.17, 15) is 0 Å². The Bertz CT molecular complexity index is 94.2. The van der Waals surface area contributed by atoms with Crippen molar-refractivity contribution in [1.29, 1.82) is 0 Å². The second kappa shape index (κ2) is 8.59. The van der Waals surface area contributed by atoms with Crippen molar-refractivity contribution in [3.05, 3.63) is 5.92 Å². The summed E-state index contributed by atoms with van der Waals surface area (Å²) in [5.41, 5.74) is 0. The highest BCUT2D eigenvalue weighted by Crippen LogP contribution is 2.22. The molecular weight excluding hydrogens is 156 g/mol. The molecule has 0 saturated carbocycles. The summed E-state index contributed by atoms with van der Waals surface area (Å²) in [7, 11) is 0. The minimum atomic E-state index is 0.879. The molecule has 0 rings (SSSR count). The van der Waals surface area contributed by atoms with Gasteiger partial charge in [-0.3, -0.25) is 0 Å². The molecule has 0 saturated heterocycles. The summed E-state index contributed by atoms with van der Waals surface area (Å²) < 4.78 is 0. The smallest absolute Gasteiger partial charge is 0.0244 e. The van der Waals surface area contributed by atoms with Crippen LogP contribution >= 0.6 is 0 Å². The van der Waals surface area contributed by atoms with E-state index >= 15 is 0 Å². The molecule has 1 radical (unpaired) electrons. The predicted octanol–water partition coefficient (Wildman–Crippen LogP) is 4.99. The minimum absolute atomic E-state index is 0.879. The van der Waals surface area contributed by atoms with E-state index in [1.807, 2.05) is 0 Å². The standard InChI is InChI=1S/C13H27/c1-5-7-10-13(6-2)11-8-9-12(3)4/h12H,5-11H2,1-4H3. The van der Waals surface area contributed by atoms with Gasteiger partial charge < -0.3 is 0 Å². The van der Waals surface area contributed by atoms with E-state index in [4.69, 9.17) is 0 Å². The molecule has 0 aliphatic carbocycles. The van der Waals surface area contributed by atoms with Crippen molar-refractivity contribution in [3.8, 4) is 0 Å². The molecule has 0 unspecified atom stereocenters. The van der Waals surface area contributed by atoms with Crippen LogP contribution in [0.1, 0.15) is 72.6 Å². The van der Waals surface area contributed by atoms with Gasteiger partial charge in [0.25, 0.3) is 0 Å². The van der Waals surface area contributed by atoms with Gasteiger partial charge in [-0.15, -0.1) is 0 Å². The van der Waals surface area contributed by atoms with Crippen LogP contribution in [0.15, 0.2) is 0 Å². The fraction of sp³-hybridized carbons (Fsp3) is 0.923. The van der Waals surface area contributed by atoms with E-state index in [0.29, 0.717) is 0 Å². The van der Waals surface area contributed by atoms with Crippen LogP contribution in [0.2, 0.25) is 0 Å². The monoisotopic (exact) mass is 183 g/mol. The van der Waals surface area contributed by atoms with Gasteiger partial charge in [0, 0.05) is 0 Å². The average molecular weight is 183 g/mol. The fourth-order valence-corrected chi connectivity index (χ4v) is 1.67. The third-order valence-corrected chi connectivity index (χ3v) is 2.70. The maximum absolute atomic E-state index is 2.32. The van der Waals surface area contributed by atoms with Crippen LogP contribution in [0.4, 0.5) is 0 Å². The molecule has 0 aliphatic rings. The summed E-state index contributed by atoms with van der Waals surface area (Å²) in [4.78, 5) is 0. The van der Waals surface area contributed by atoms with Crippen molar-refractivity contribution in [1.82, 2.24) is 0 Å². The Balaban J connectivity index is 3.36. The normalized spacial score (nSPS) is 11.5. The molecule has 0 amide bonds. The lowest BCUT2D eigenvalue weighted by molar-refractivity contribution is 0.519. The summed E-state index contributed by atoms with van der Waals surface area (Å²) in [5.74, 6) is 2.67. The summed E-state index contributed by atoms with van der Waals surface area (Å²) in [6, 6.07) is 0. The molecule has 0 N–H and O–H groups in total. The van der Waals surface area contributed by atoms with Crippen LogP contribution in [0.25, 0.3) is 0 Å². The lowest BCUT2D eigenvalue weighted by atomic mass is 9.92. The molecular formula is C13H27. The van der Waals surface area contributed by atoms with Gasteiger partial charge >= 0.3 is 0 Å². The summed E-state index contributed by atoms with van der Waals surface area (Å²) in [5, 5.41) is 0. The molecule has 79 valence electrons. The quantitative estimate of drug-likeness (QED) is 0.497. The Morgan fingerprint density at radius 3 is 2.08 bits per heavy atom. The Morgan fingerprint density at radius 2 is 1.62 bits per heavy atom. The number of unbranched alkanes of at least 4 members (excludes halogenated alkanes) is 1. The van der Waals surface area contributed by atoms with Gasteiger partial charge in [-0.2, -0.15) is 0 Å². The van der Waals surface area contributed by atoms with E-state index in [-0.39, 0.29) is 0 Å². The average Bonchev–Trinajstić information content (AvgIpc) is 2.10. The molecule has 0 atom stereocenters. The first kappa shape index (κ1) is 13.0. The fourth-order valence-electron chi connectivity index (χ4n) is 1.67. The molecule has 0 spiro atoms. The van der Waals surface area contributed by atoms with Crippen LogP contribution in [0.5, 0.6) is 0 Å². The number of hydrogen-bond acceptors (Lipinski definition) is 0. The van der Waals surface area contributed by atoms with Crippen LogP contribution in [-0.4, -0.2) is 0 Å². The molecule has 0 aromatic rings. The Hall–Kier alpha value is 0. The largest absolute Gasteiger partial charge is 0.0654 e. The van der Waals surface area contributed by atoms with Gasteiger partial charge in [0.2, 0.25) is 0 Å². The van der Waals surface area contributed by atoms with Crippen molar-refractivity contribution in [2.75, 3.05) is 0 Å². The van der Waals surface area contributed by atoms with Crippen molar-refractivity contribution in [2.24, 2.45) is 5.92 Å². The lowest BCUT2D eigenvalue weighted by Crippen LogP contribution is -1.97. The van der Waals surface area contributed by atoms with Crippen LogP contribution < -0.4 is 0 Å². The molecule has 0 fully saturated rings. The van der Waals surface area contributed by atoms with E-state index in [1.54, 1.807) is 5.92 Å². The zero-order valence-corrected chi connectivity index (χ0v) is 10.0. The highest BCUT2D eigenvalue weighted by Gasteiger charge is 2.06. The van der Waals surface area contributed by atoms with E-state index in [0.717, 1.165) is 5.92 Å². The number of hydrogen-bond donors (Lipinski definition) is 0. The minimum Gasteiger partial charge on any atom is -0.0654 e. The third kappa shape index (κ3) is 8.33. The second-order valence-corrected chi connectivity index (χ2v) is 4.49. The van der Waals surface area contributed by atoms with E-state index < -0.39 is 0 Å². The van der Waals surface area contributed by atoms with E-state index in [1.165, 1.54) is 44.9 Å². The molecule has 0 nitrogen and oxygen atoms in total. The van der Waals surface area contributed by atoms with Gasteiger partial charge in [-0.1, -0.05) is 53.4 Å². The highest BCUT2D eigenvalue weighted by molar-refractivity contribution is 4.87. The molecule has 0 aromatic carbocycles. The predicted molar refractivity (Wildman–Crippen MR) is 61.7 cm³/mol. The van der Waals surface area contributed by atoms with Crippen molar-refractivity contribution < 1.29 is 0 Å². The summed E-state index contributed by atoms with van der Waals surface area (Å²) in [6.45, 7) is 9.22. The van der Waals surface area contributed by atoms with Crippen LogP contribution in [-0.2, 0) is 0 Å². The van der Waals surface area contributed by atoms with Gasteiger partial charge in [-0.25, -0.2) is 0 Å². The van der Waals surface area contributed by atoms with Gasteiger partial charge in [0.15, 0.2) is 0 Å². The second-order valence-electron chi connectivity index (χ2n) is 4.49. The maximum Gasteiger partial charge on any atom is -0.0244 e. The first-order chi connectivity index (χ1) is 6.20. The van der Waals surface area contributed by atoms with Crippen molar-refractivity contribution >= 4 is 0 Å².